The van der Waals surface area contributed by atoms with E-state index in [0.717, 1.165) is 17.0 Å². The van der Waals surface area contributed by atoms with Gasteiger partial charge in [0.05, 0.1) is 31.4 Å². The summed E-state index contributed by atoms with van der Waals surface area (Å²) < 4.78 is 13.3. The molecule has 5 heteroatoms. The summed E-state index contributed by atoms with van der Waals surface area (Å²) in [6.07, 6.45) is 3.37. The van der Waals surface area contributed by atoms with Gasteiger partial charge in [-0.3, -0.25) is 0 Å². The van der Waals surface area contributed by atoms with E-state index in [0.29, 0.717) is 18.2 Å². The Balaban J connectivity index is 1.93. The third-order valence-electron chi connectivity index (χ3n) is 3.86. The molecule has 2 heterocycles. The molecule has 1 aromatic heterocycles. The van der Waals surface area contributed by atoms with Crippen LogP contribution in [0.2, 0.25) is 0 Å². The number of nitrogens with zero attached hydrogens (tertiary/aromatic N) is 2. The molecule has 2 atom stereocenters. The SMILES string of the molecule is COc1ccc2c(c1)[C@@H](O)CC(c1cncn1C(C)C)O2. The van der Waals surface area contributed by atoms with E-state index in [1.807, 2.05) is 24.4 Å². The van der Waals surface area contributed by atoms with Crippen molar-refractivity contribution in [2.24, 2.45) is 0 Å². The first kappa shape index (κ1) is 13.9. The number of aliphatic hydroxyl groups excluding tert-OH is 1. The molecule has 0 aliphatic carbocycles. The van der Waals surface area contributed by atoms with Crippen LogP contribution < -0.4 is 9.47 Å². The fourth-order valence-corrected chi connectivity index (χ4v) is 2.73. The highest BCUT2D eigenvalue weighted by Crippen LogP contribution is 2.42. The molecule has 0 fully saturated rings. The number of ether oxygens (including phenoxy) is 2. The van der Waals surface area contributed by atoms with Gasteiger partial charge in [0, 0.05) is 18.0 Å². The van der Waals surface area contributed by atoms with Gasteiger partial charge < -0.3 is 19.1 Å². The van der Waals surface area contributed by atoms with Crippen molar-refractivity contribution in [3.05, 3.63) is 42.0 Å². The average Bonchev–Trinajstić information content (AvgIpc) is 2.96. The van der Waals surface area contributed by atoms with Crippen molar-refractivity contribution in [2.45, 2.75) is 38.5 Å². The Morgan fingerprint density at radius 1 is 1.43 bits per heavy atom. The minimum atomic E-state index is -0.565. The van der Waals surface area contributed by atoms with Gasteiger partial charge in [0.25, 0.3) is 0 Å². The van der Waals surface area contributed by atoms with E-state index in [1.54, 1.807) is 13.4 Å². The maximum atomic E-state index is 10.4. The lowest BCUT2D eigenvalue weighted by Crippen LogP contribution is -2.22. The molecule has 1 N–H and O–H groups in total. The number of hydrogen-bond acceptors (Lipinski definition) is 4. The standard InChI is InChI=1S/C16H20N2O3/c1-10(2)18-9-17-8-13(18)16-7-14(19)12-6-11(20-3)4-5-15(12)21-16/h4-6,8-10,14,16,19H,7H2,1-3H3/t14-,16?/m0/s1. The fourth-order valence-electron chi connectivity index (χ4n) is 2.73. The van der Waals surface area contributed by atoms with Gasteiger partial charge >= 0.3 is 0 Å². The third kappa shape index (κ3) is 2.49. The van der Waals surface area contributed by atoms with Crippen molar-refractivity contribution in [2.75, 3.05) is 7.11 Å². The second-order valence-electron chi connectivity index (χ2n) is 5.58. The maximum absolute atomic E-state index is 10.4. The van der Waals surface area contributed by atoms with Crippen LogP contribution in [-0.4, -0.2) is 21.8 Å². The molecule has 0 saturated heterocycles. The van der Waals surface area contributed by atoms with E-state index in [2.05, 4.69) is 23.4 Å². The number of fused-ring (bicyclic) bond motifs is 1. The van der Waals surface area contributed by atoms with E-state index in [-0.39, 0.29) is 6.10 Å². The zero-order chi connectivity index (χ0) is 15.0. The minimum absolute atomic E-state index is 0.189. The Morgan fingerprint density at radius 3 is 2.95 bits per heavy atom. The van der Waals surface area contributed by atoms with Gasteiger partial charge in [0.2, 0.25) is 0 Å². The van der Waals surface area contributed by atoms with Crippen LogP contribution in [0.3, 0.4) is 0 Å². The molecule has 1 unspecified atom stereocenters. The van der Waals surface area contributed by atoms with Crippen LogP contribution in [-0.2, 0) is 0 Å². The van der Waals surface area contributed by atoms with E-state index in [9.17, 15) is 5.11 Å². The Hall–Kier alpha value is -2.01. The van der Waals surface area contributed by atoms with E-state index < -0.39 is 6.10 Å². The normalized spacial score (nSPS) is 21.0. The van der Waals surface area contributed by atoms with Gasteiger partial charge in [-0.05, 0) is 32.0 Å². The topological polar surface area (TPSA) is 56.5 Å². The highest BCUT2D eigenvalue weighted by atomic mass is 16.5. The summed E-state index contributed by atoms with van der Waals surface area (Å²) in [7, 11) is 1.61. The molecule has 0 radical (unpaired) electrons. The van der Waals surface area contributed by atoms with Gasteiger partial charge in [-0.15, -0.1) is 0 Å². The zero-order valence-electron chi connectivity index (χ0n) is 12.5. The van der Waals surface area contributed by atoms with Crippen molar-refractivity contribution < 1.29 is 14.6 Å². The number of aromatic nitrogens is 2. The van der Waals surface area contributed by atoms with Crippen LogP contribution in [0.25, 0.3) is 0 Å². The zero-order valence-corrected chi connectivity index (χ0v) is 12.5. The summed E-state index contributed by atoms with van der Waals surface area (Å²) in [5.41, 5.74) is 1.77. The van der Waals surface area contributed by atoms with Crippen LogP contribution in [0.5, 0.6) is 11.5 Å². The Kier molecular flexibility index (Phi) is 3.59. The Labute approximate surface area is 124 Å². The number of aliphatic hydroxyl groups is 1. The average molecular weight is 288 g/mol. The van der Waals surface area contributed by atoms with Crippen molar-refractivity contribution in [1.82, 2.24) is 9.55 Å². The van der Waals surface area contributed by atoms with Gasteiger partial charge in [-0.25, -0.2) is 4.98 Å². The molecule has 21 heavy (non-hydrogen) atoms. The van der Waals surface area contributed by atoms with Crippen LogP contribution >= 0.6 is 0 Å². The number of imidazole rings is 1. The van der Waals surface area contributed by atoms with Crippen LogP contribution in [0.4, 0.5) is 0 Å². The molecule has 1 aromatic carbocycles. The first-order valence-electron chi connectivity index (χ1n) is 7.14. The smallest absolute Gasteiger partial charge is 0.143 e. The molecule has 2 aromatic rings. The summed E-state index contributed by atoms with van der Waals surface area (Å²) in [6, 6.07) is 5.82. The van der Waals surface area contributed by atoms with Gasteiger partial charge in [0.15, 0.2) is 0 Å². The Bertz CT molecular complexity index is 636. The Morgan fingerprint density at radius 2 is 2.24 bits per heavy atom. The largest absolute Gasteiger partial charge is 0.497 e. The maximum Gasteiger partial charge on any atom is 0.143 e. The molecule has 1 aliphatic rings. The highest BCUT2D eigenvalue weighted by molar-refractivity contribution is 5.43. The summed E-state index contributed by atoms with van der Waals surface area (Å²) in [5.74, 6) is 1.43. The number of benzene rings is 1. The fraction of sp³-hybridized carbons (Fsp3) is 0.438. The van der Waals surface area contributed by atoms with Crippen LogP contribution in [0, 0.1) is 0 Å². The molecular weight excluding hydrogens is 268 g/mol. The molecule has 5 nitrogen and oxygen atoms in total. The molecule has 0 spiro atoms. The monoisotopic (exact) mass is 288 g/mol. The summed E-state index contributed by atoms with van der Waals surface area (Å²) >= 11 is 0. The van der Waals surface area contributed by atoms with E-state index >= 15 is 0 Å². The van der Waals surface area contributed by atoms with E-state index in [1.165, 1.54) is 0 Å². The first-order valence-corrected chi connectivity index (χ1v) is 7.14. The number of methoxy groups -OCH3 is 1. The second-order valence-corrected chi connectivity index (χ2v) is 5.58. The van der Waals surface area contributed by atoms with Crippen LogP contribution in [0.15, 0.2) is 30.7 Å². The van der Waals surface area contributed by atoms with Crippen molar-refractivity contribution in [1.29, 1.82) is 0 Å². The van der Waals surface area contributed by atoms with E-state index in [4.69, 9.17) is 9.47 Å². The predicted octanol–water partition coefficient (Wildman–Crippen LogP) is 3.03. The molecule has 112 valence electrons. The molecule has 0 bridgehead atoms. The molecular formula is C16H20N2O3. The van der Waals surface area contributed by atoms with Crippen molar-refractivity contribution in [3.63, 3.8) is 0 Å². The second kappa shape index (κ2) is 5.41. The van der Waals surface area contributed by atoms with Crippen molar-refractivity contribution in [3.8, 4) is 11.5 Å². The molecule has 3 rings (SSSR count). The lowest BCUT2D eigenvalue weighted by atomic mass is 9.97. The minimum Gasteiger partial charge on any atom is -0.497 e. The van der Waals surface area contributed by atoms with Crippen molar-refractivity contribution >= 4 is 0 Å². The lowest BCUT2D eigenvalue weighted by molar-refractivity contribution is 0.0611. The quantitative estimate of drug-likeness (QED) is 0.943. The number of rotatable bonds is 3. The first-order chi connectivity index (χ1) is 10.1. The summed E-state index contributed by atoms with van der Waals surface area (Å²) in [4.78, 5) is 4.21. The predicted molar refractivity (Wildman–Crippen MR) is 78.6 cm³/mol. The van der Waals surface area contributed by atoms with Gasteiger partial charge in [-0.1, -0.05) is 0 Å². The molecule has 1 aliphatic heterocycles. The van der Waals surface area contributed by atoms with Gasteiger partial charge in [0.1, 0.15) is 17.6 Å². The third-order valence-corrected chi connectivity index (χ3v) is 3.86. The molecule has 0 amide bonds. The highest BCUT2D eigenvalue weighted by Gasteiger charge is 2.30. The summed E-state index contributed by atoms with van der Waals surface area (Å²) in [6.45, 7) is 4.20. The number of hydrogen-bond donors (Lipinski definition) is 1. The van der Waals surface area contributed by atoms with Crippen LogP contribution in [0.1, 0.15) is 49.8 Å². The lowest BCUT2D eigenvalue weighted by Gasteiger charge is -2.30. The molecule has 0 saturated carbocycles. The summed E-state index contributed by atoms with van der Waals surface area (Å²) in [5, 5.41) is 10.4. The van der Waals surface area contributed by atoms with Gasteiger partial charge in [-0.2, -0.15) is 0 Å².